The normalized spacial score (nSPS) is 9.76. The zero-order valence-corrected chi connectivity index (χ0v) is 10.8. The quantitative estimate of drug-likeness (QED) is 0.805. The second-order valence-electron chi connectivity index (χ2n) is 3.51. The summed E-state index contributed by atoms with van der Waals surface area (Å²) in [6.07, 6.45) is 0. The molecule has 1 aromatic carbocycles. The van der Waals surface area contributed by atoms with Crippen molar-refractivity contribution in [3.8, 4) is 0 Å². The van der Waals surface area contributed by atoms with Crippen LogP contribution in [0, 0.1) is 6.92 Å². The molecule has 0 heterocycles. The van der Waals surface area contributed by atoms with E-state index in [0.717, 1.165) is 10.5 Å². The molecule has 0 saturated heterocycles. The second kappa shape index (κ2) is 6.96. The number of aryl methyl sites for hydroxylation is 1. The molecule has 1 aromatic rings. The fourth-order valence-electron chi connectivity index (χ4n) is 1.22. The molecule has 17 heavy (non-hydrogen) atoms. The second-order valence-corrected chi connectivity index (χ2v) is 4.56. The summed E-state index contributed by atoms with van der Waals surface area (Å²) in [7, 11) is 0. The molecule has 0 saturated carbocycles. The van der Waals surface area contributed by atoms with Gasteiger partial charge in [0.25, 0.3) is 0 Å². The number of carbonyl (C=O) groups excluding carboxylic acids is 2. The molecule has 92 valence electrons. The number of imide groups is 1. The molecule has 0 aliphatic rings. The fourth-order valence-corrected chi connectivity index (χ4v) is 2.04. The summed E-state index contributed by atoms with van der Waals surface area (Å²) in [5.74, 6) is -0.0527. The summed E-state index contributed by atoms with van der Waals surface area (Å²) in [6.45, 7) is 4.30. The van der Waals surface area contributed by atoms with Crippen molar-refractivity contribution in [3.05, 3.63) is 29.8 Å². The van der Waals surface area contributed by atoms with Crippen LogP contribution in [0.1, 0.15) is 12.5 Å². The van der Waals surface area contributed by atoms with E-state index in [4.69, 9.17) is 0 Å². The molecule has 2 N–H and O–H groups in total. The first-order valence-electron chi connectivity index (χ1n) is 5.39. The molecule has 0 unspecified atom stereocenters. The van der Waals surface area contributed by atoms with Crippen LogP contribution >= 0.6 is 11.8 Å². The van der Waals surface area contributed by atoms with E-state index in [9.17, 15) is 9.59 Å². The molecule has 5 heteroatoms. The lowest BCUT2D eigenvalue weighted by Gasteiger charge is -2.05. The van der Waals surface area contributed by atoms with Crippen LogP contribution in [0.3, 0.4) is 0 Å². The highest BCUT2D eigenvalue weighted by atomic mass is 32.2. The van der Waals surface area contributed by atoms with Crippen molar-refractivity contribution in [1.29, 1.82) is 0 Å². The van der Waals surface area contributed by atoms with E-state index in [1.54, 1.807) is 6.92 Å². The molecule has 0 fully saturated rings. The Balaban J connectivity index is 2.35. The third-order valence-electron chi connectivity index (χ3n) is 1.95. The van der Waals surface area contributed by atoms with E-state index in [0.29, 0.717) is 6.54 Å². The number of hydrogen-bond acceptors (Lipinski definition) is 3. The van der Waals surface area contributed by atoms with Gasteiger partial charge in [-0.1, -0.05) is 17.7 Å². The maximum Gasteiger partial charge on any atom is 0.321 e. The van der Waals surface area contributed by atoms with E-state index in [2.05, 4.69) is 10.6 Å². The van der Waals surface area contributed by atoms with Gasteiger partial charge in [0.2, 0.25) is 5.91 Å². The summed E-state index contributed by atoms with van der Waals surface area (Å²) in [5, 5.41) is 4.76. The first-order chi connectivity index (χ1) is 8.11. The van der Waals surface area contributed by atoms with Gasteiger partial charge in [-0.3, -0.25) is 10.1 Å². The van der Waals surface area contributed by atoms with Gasteiger partial charge in [0.1, 0.15) is 0 Å². The zero-order chi connectivity index (χ0) is 12.7. The topological polar surface area (TPSA) is 58.2 Å². The molecular weight excluding hydrogens is 236 g/mol. The smallest absolute Gasteiger partial charge is 0.321 e. The van der Waals surface area contributed by atoms with Crippen LogP contribution in [0.25, 0.3) is 0 Å². The van der Waals surface area contributed by atoms with Crippen molar-refractivity contribution < 1.29 is 9.59 Å². The SMILES string of the molecule is CCNC(=O)NC(=O)CSc1cccc(C)c1. The number of rotatable bonds is 4. The van der Waals surface area contributed by atoms with Crippen LogP contribution in [0.15, 0.2) is 29.2 Å². The molecule has 0 aliphatic carbocycles. The standard InChI is InChI=1S/C12H16N2O2S/c1-3-13-12(16)14-11(15)8-17-10-6-4-5-9(2)7-10/h4-7H,3,8H2,1-2H3,(H2,13,14,15,16). The fraction of sp³-hybridized carbons (Fsp3) is 0.333. The first-order valence-corrected chi connectivity index (χ1v) is 6.37. The van der Waals surface area contributed by atoms with Crippen LogP contribution in [0.4, 0.5) is 4.79 Å². The number of benzene rings is 1. The van der Waals surface area contributed by atoms with Crippen molar-refractivity contribution in [2.75, 3.05) is 12.3 Å². The summed E-state index contributed by atoms with van der Waals surface area (Å²) in [4.78, 5) is 23.5. The van der Waals surface area contributed by atoms with E-state index < -0.39 is 6.03 Å². The Kier molecular flexibility index (Phi) is 5.56. The van der Waals surface area contributed by atoms with Gasteiger partial charge in [-0.05, 0) is 26.0 Å². The molecule has 0 aliphatic heterocycles. The number of nitrogens with one attached hydrogen (secondary N) is 2. The molecule has 0 aromatic heterocycles. The summed E-state index contributed by atoms with van der Waals surface area (Å²) in [5.41, 5.74) is 1.15. The average molecular weight is 252 g/mol. The molecule has 0 spiro atoms. The number of hydrogen-bond donors (Lipinski definition) is 2. The van der Waals surface area contributed by atoms with Crippen molar-refractivity contribution in [2.24, 2.45) is 0 Å². The van der Waals surface area contributed by atoms with Gasteiger partial charge >= 0.3 is 6.03 Å². The van der Waals surface area contributed by atoms with Gasteiger partial charge in [0.15, 0.2) is 0 Å². The van der Waals surface area contributed by atoms with Crippen LogP contribution in [-0.4, -0.2) is 24.2 Å². The van der Waals surface area contributed by atoms with Crippen LogP contribution in [-0.2, 0) is 4.79 Å². The van der Waals surface area contributed by atoms with E-state index in [1.165, 1.54) is 11.8 Å². The van der Waals surface area contributed by atoms with Crippen LogP contribution < -0.4 is 10.6 Å². The van der Waals surface area contributed by atoms with Crippen molar-refractivity contribution in [3.63, 3.8) is 0 Å². The van der Waals surface area contributed by atoms with Gasteiger partial charge in [-0.25, -0.2) is 4.79 Å². The maximum absolute atomic E-state index is 11.4. The van der Waals surface area contributed by atoms with E-state index in [-0.39, 0.29) is 11.7 Å². The van der Waals surface area contributed by atoms with Crippen molar-refractivity contribution in [2.45, 2.75) is 18.7 Å². The average Bonchev–Trinajstić information content (AvgIpc) is 2.27. The Morgan fingerprint density at radius 3 is 2.76 bits per heavy atom. The van der Waals surface area contributed by atoms with Gasteiger partial charge in [-0.2, -0.15) is 0 Å². The summed E-state index contributed by atoms with van der Waals surface area (Å²) < 4.78 is 0. The number of amides is 3. The molecule has 0 bridgehead atoms. The first kappa shape index (κ1) is 13.6. The predicted molar refractivity (Wildman–Crippen MR) is 69.1 cm³/mol. The van der Waals surface area contributed by atoms with Gasteiger partial charge in [-0.15, -0.1) is 11.8 Å². The van der Waals surface area contributed by atoms with Crippen molar-refractivity contribution in [1.82, 2.24) is 10.6 Å². The zero-order valence-electron chi connectivity index (χ0n) is 9.95. The predicted octanol–water partition coefficient (Wildman–Crippen LogP) is 1.93. The Hall–Kier alpha value is -1.49. The van der Waals surface area contributed by atoms with E-state index in [1.807, 2.05) is 31.2 Å². The van der Waals surface area contributed by atoms with E-state index >= 15 is 0 Å². The Morgan fingerprint density at radius 1 is 1.35 bits per heavy atom. The highest BCUT2D eigenvalue weighted by Gasteiger charge is 2.06. The molecule has 3 amide bonds. The van der Waals surface area contributed by atoms with Gasteiger partial charge in [0, 0.05) is 11.4 Å². The lowest BCUT2D eigenvalue weighted by Crippen LogP contribution is -2.40. The Morgan fingerprint density at radius 2 is 2.12 bits per heavy atom. The van der Waals surface area contributed by atoms with Crippen LogP contribution in [0.5, 0.6) is 0 Å². The molecular formula is C12H16N2O2S. The highest BCUT2D eigenvalue weighted by molar-refractivity contribution is 8.00. The van der Waals surface area contributed by atoms with Gasteiger partial charge in [0.05, 0.1) is 5.75 Å². The lowest BCUT2D eigenvalue weighted by atomic mass is 10.2. The number of thioether (sulfide) groups is 1. The maximum atomic E-state index is 11.4. The molecule has 0 atom stereocenters. The largest absolute Gasteiger partial charge is 0.338 e. The minimum Gasteiger partial charge on any atom is -0.338 e. The summed E-state index contributed by atoms with van der Waals surface area (Å²) >= 11 is 1.41. The molecule has 4 nitrogen and oxygen atoms in total. The number of urea groups is 1. The van der Waals surface area contributed by atoms with Crippen molar-refractivity contribution >= 4 is 23.7 Å². The third-order valence-corrected chi connectivity index (χ3v) is 2.94. The van der Waals surface area contributed by atoms with Crippen LogP contribution in [0.2, 0.25) is 0 Å². The highest BCUT2D eigenvalue weighted by Crippen LogP contribution is 2.18. The minimum absolute atomic E-state index is 0.237. The lowest BCUT2D eigenvalue weighted by molar-refractivity contribution is -0.117. The van der Waals surface area contributed by atoms with Gasteiger partial charge < -0.3 is 5.32 Å². The Bertz CT molecular complexity index is 407. The summed E-state index contributed by atoms with van der Waals surface area (Å²) in [6, 6.07) is 7.45. The number of carbonyl (C=O) groups is 2. The molecule has 1 rings (SSSR count). The molecule has 0 radical (unpaired) electrons. The monoisotopic (exact) mass is 252 g/mol. The Labute approximate surface area is 105 Å². The third kappa shape index (κ3) is 5.40. The minimum atomic E-state index is -0.442.